The van der Waals surface area contributed by atoms with Gasteiger partial charge in [-0.1, -0.05) is 13.3 Å². The van der Waals surface area contributed by atoms with Crippen LogP contribution in [0, 0.1) is 6.92 Å². The highest BCUT2D eigenvalue weighted by molar-refractivity contribution is 7.09. The van der Waals surface area contributed by atoms with Crippen LogP contribution in [0.25, 0.3) is 0 Å². The number of nitrogens with zero attached hydrogens (tertiary/aromatic N) is 2. The molecule has 0 aromatic carbocycles. The predicted molar refractivity (Wildman–Crippen MR) is 66.1 cm³/mol. The molecular weight excluding hydrogens is 206 g/mol. The van der Waals surface area contributed by atoms with Crippen molar-refractivity contribution in [2.45, 2.75) is 33.2 Å². The van der Waals surface area contributed by atoms with Crippen molar-refractivity contribution >= 4 is 11.3 Å². The Bertz CT molecular complexity index is 273. The van der Waals surface area contributed by atoms with Gasteiger partial charge in [-0.3, -0.25) is 4.90 Å². The van der Waals surface area contributed by atoms with E-state index in [1.165, 1.54) is 18.5 Å². The average Bonchev–Trinajstić information content (AvgIpc) is 2.61. The quantitative estimate of drug-likeness (QED) is 0.775. The molecule has 3 nitrogen and oxygen atoms in total. The first-order chi connectivity index (χ1) is 7.26. The molecule has 0 spiro atoms. The van der Waals surface area contributed by atoms with E-state index >= 15 is 0 Å². The molecule has 0 aliphatic rings. The fourth-order valence-corrected chi connectivity index (χ4v) is 2.15. The zero-order valence-corrected chi connectivity index (χ0v) is 10.5. The van der Waals surface area contributed by atoms with Gasteiger partial charge in [-0.15, -0.1) is 11.3 Å². The topological polar surface area (TPSA) is 42.1 Å². The molecule has 0 bridgehead atoms. The standard InChI is InChI=1S/C11H21N3S/c1-3-4-6-14(7-5-12)8-11-9-15-10(2)13-11/h9H,3-8,12H2,1-2H3. The van der Waals surface area contributed by atoms with Gasteiger partial charge in [0.2, 0.25) is 0 Å². The van der Waals surface area contributed by atoms with E-state index in [9.17, 15) is 0 Å². The Morgan fingerprint density at radius 3 is 2.80 bits per heavy atom. The van der Waals surface area contributed by atoms with Crippen molar-refractivity contribution in [3.63, 3.8) is 0 Å². The molecule has 2 N–H and O–H groups in total. The van der Waals surface area contributed by atoms with Gasteiger partial charge in [0.05, 0.1) is 10.7 Å². The lowest BCUT2D eigenvalue weighted by Gasteiger charge is -2.19. The zero-order chi connectivity index (χ0) is 11.1. The van der Waals surface area contributed by atoms with Crippen molar-refractivity contribution in [1.29, 1.82) is 0 Å². The van der Waals surface area contributed by atoms with Crippen LogP contribution in [0.1, 0.15) is 30.5 Å². The zero-order valence-electron chi connectivity index (χ0n) is 9.70. The van der Waals surface area contributed by atoms with Crippen LogP contribution in [0.2, 0.25) is 0 Å². The third-order valence-corrected chi connectivity index (χ3v) is 3.15. The monoisotopic (exact) mass is 227 g/mol. The first kappa shape index (κ1) is 12.6. The molecule has 1 aromatic heterocycles. The summed E-state index contributed by atoms with van der Waals surface area (Å²) in [5.74, 6) is 0. The summed E-state index contributed by atoms with van der Waals surface area (Å²) in [5, 5.41) is 3.29. The molecular formula is C11H21N3S. The number of hydrogen-bond acceptors (Lipinski definition) is 4. The number of thiazole rings is 1. The SMILES string of the molecule is CCCCN(CCN)Cc1csc(C)n1. The maximum absolute atomic E-state index is 5.60. The molecule has 1 aromatic rings. The summed E-state index contributed by atoms with van der Waals surface area (Å²) < 4.78 is 0. The Kier molecular flexibility index (Phi) is 5.83. The van der Waals surface area contributed by atoms with Crippen LogP contribution in [0.15, 0.2) is 5.38 Å². The normalized spacial score (nSPS) is 11.2. The summed E-state index contributed by atoms with van der Waals surface area (Å²) in [4.78, 5) is 6.86. The summed E-state index contributed by atoms with van der Waals surface area (Å²) in [6.45, 7) is 8.04. The molecule has 86 valence electrons. The number of aromatic nitrogens is 1. The van der Waals surface area contributed by atoms with Crippen molar-refractivity contribution in [1.82, 2.24) is 9.88 Å². The van der Waals surface area contributed by atoms with E-state index in [-0.39, 0.29) is 0 Å². The molecule has 0 aliphatic carbocycles. The Labute approximate surface area is 96.3 Å². The van der Waals surface area contributed by atoms with Gasteiger partial charge in [-0.2, -0.15) is 0 Å². The highest BCUT2D eigenvalue weighted by atomic mass is 32.1. The summed E-state index contributed by atoms with van der Waals surface area (Å²) in [5.41, 5.74) is 6.78. The van der Waals surface area contributed by atoms with Crippen LogP contribution in [0.5, 0.6) is 0 Å². The second-order valence-electron chi connectivity index (χ2n) is 3.78. The predicted octanol–water partition coefficient (Wildman–Crippen LogP) is 2.01. The summed E-state index contributed by atoms with van der Waals surface area (Å²) in [6.07, 6.45) is 2.47. The lowest BCUT2D eigenvalue weighted by Crippen LogP contribution is -2.30. The van der Waals surface area contributed by atoms with Gasteiger partial charge in [-0.25, -0.2) is 4.98 Å². The fraction of sp³-hybridized carbons (Fsp3) is 0.727. The Hall–Kier alpha value is -0.450. The minimum Gasteiger partial charge on any atom is -0.329 e. The van der Waals surface area contributed by atoms with E-state index in [0.717, 1.165) is 31.2 Å². The average molecular weight is 227 g/mol. The largest absolute Gasteiger partial charge is 0.329 e. The van der Waals surface area contributed by atoms with E-state index in [4.69, 9.17) is 5.73 Å². The Balaban J connectivity index is 2.42. The van der Waals surface area contributed by atoms with Gasteiger partial charge in [-0.05, 0) is 19.9 Å². The lowest BCUT2D eigenvalue weighted by molar-refractivity contribution is 0.266. The van der Waals surface area contributed by atoms with Gasteiger partial charge in [0, 0.05) is 25.0 Å². The third-order valence-electron chi connectivity index (χ3n) is 2.33. The molecule has 15 heavy (non-hydrogen) atoms. The van der Waals surface area contributed by atoms with Crippen LogP contribution in [-0.2, 0) is 6.54 Å². The smallest absolute Gasteiger partial charge is 0.0897 e. The summed E-state index contributed by atoms with van der Waals surface area (Å²) in [7, 11) is 0. The van der Waals surface area contributed by atoms with Crippen molar-refractivity contribution < 1.29 is 0 Å². The first-order valence-corrected chi connectivity index (χ1v) is 6.47. The molecule has 4 heteroatoms. The second-order valence-corrected chi connectivity index (χ2v) is 4.84. The van der Waals surface area contributed by atoms with Crippen LogP contribution in [0.4, 0.5) is 0 Å². The molecule has 0 amide bonds. The molecule has 1 heterocycles. The summed E-state index contributed by atoms with van der Waals surface area (Å²) in [6, 6.07) is 0. The van der Waals surface area contributed by atoms with E-state index in [0.29, 0.717) is 0 Å². The number of unbranched alkanes of at least 4 members (excludes halogenated alkanes) is 1. The first-order valence-electron chi connectivity index (χ1n) is 5.59. The molecule has 0 aliphatic heterocycles. The van der Waals surface area contributed by atoms with Crippen molar-refractivity contribution in [2.75, 3.05) is 19.6 Å². The minimum atomic E-state index is 0.729. The molecule has 0 unspecified atom stereocenters. The molecule has 0 radical (unpaired) electrons. The lowest BCUT2D eigenvalue weighted by atomic mass is 10.3. The van der Waals surface area contributed by atoms with Crippen LogP contribution < -0.4 is 5.73 Å². The van der Waals surface area contributed by atoms with E-state index in [1.54, 1.807) is 11.3 Å². The second kappa shape index (κ2) is 6.93. The maximum Gasteiger partial charge on any atom is 0.0897 e. The Morgan fingerprint density at radius 1 is 1.47 bits per heavy atom. The van der Waals surface area contributed by atoms with Crippen LogP contribution >= 0.6 is 11.3 Å². The van der Waals surface area contributed by atoms with Gasteiger partial charge in [0.25, 0.3) is 0 Å². The highest BCUT2D eigenvalue weighted by Crippen LogP contribution is 2.10. The number of aryl methyl sites for hydroxylation is 1. The van der Waals surface area contributed by atoms with E-state index < -0.39 is 0 Å². The van der Waals surface area contributed by atoms with E-state index in [2.05, 4.69) is 22.2 Å². The van der Waals surface area contributed by atoms with Crippen LogP contribution in [-0.4, -0.2) is 29.5 Å². The van der Waals surface area contributed by atoms with Gasteiger partial charge < -0.3 is 5.73 Å². The summed E-state index contributed by atoms with van der Waals surface area (Å²) >= 11 is 1.72. The number of hydrogen-bond donors (Lipinski definition) is 1. The van der Waals surface area contributed by atoms with Gasteiger partial charge in [0.15, 0.2) is 0 Å². The molecule has 0 saturated heterocycles. The molecule has 0 fully saturated rings. The van der Waals surface area contributed by atoms with Crippen molar-refractivity contribution in [2.24, 2.45) is 5.73 Å². The van der Waals surface area contributed by atoms with Crippen molar-refractivity contribution in [3.8, 4) is 0 Å². The van der Waals surface area contributed by atoms with Gasteiger partial charge in [0.1, 0.15) is 0 Å². The molecule has 0 saturated carbocycles. The number of rotatable bonds is 7. The van der Waals surface area contributed by atoms with Gasteiger partial charge >= 0.3 is 0 Å². The fourth-order valence-electron chi connectivity index (χ4n) is 1.54. The highest BCUT2D eigenvalue weighted by Gasteiger charge is 2.06. The Morgan fingerprint density at radius 2 is 2.27 bits per heavy atom. The van der Waals surface area contributed by atoms with Crippen LogP contribution in [0.3, 0.4) is 0 Å². The molecule has 0 atom stereocenters. The van der Waals surface area contributed by atoms with E-state index in [1.807, 2.05) is 6.92 Å². The number of nitrogens with two attached hydrogens (primary N) is 1. The van der Waals surface area contributed by atoms with Crippen molar-refractivity contribution in [3.05, 3.63) is 16.1 Å². The third kappa shape index (κ3) is 4.73. The molecule has 1 rings (SSSR count). The maximum atomic E-state index is 5.60. The minimum absolute atomic E-state index is 0.729.